The van der Waals surface area contributed by atoms with E-state index in [-0.39, 0.29) is 31.6 Å². The fourth-order valence-electron chi connectivity index (χ4n) is 6.96. The van der Waals surface area contributed by atoms with Crippen LogP contribution in [0.1, 0.15) is 74.1 Å². The molecule has 4 unspecified atom stereocenters. The molecule has 2 aromatic rings. The molecule has 0 radical (unpaired) electrons. The Morgan fingerprint density at radius 1 is 1.02 bits per heavy atom. The van der Waals surface area contributed by atoms with Crippen molar-refractivity contribution in [2.24, 2.45) is 11.8 Å². The van der Waals surface area contributed by atoms with Crippen LogP contribution in [-0.4, -0.2) is 78.1 Å². The molecular weight excluding hydrogens is 576 g/mol. The van der Waals surface area contributed by atoms with E-state index in [1.54, 1.807) is 12.1 Å². The maximum Gasteiger partial charge on any atom is 0.407 e. The molecule has 3 aliphatic rings. The van der Waals surface area contributed by atoms with Crippen LogP contribution in [0.4, 0.5) is 4.79 Å². The average molecular weight is 625 g/mol. The van der Waals surface area contributed by atoms with Gasteiger partial charge >= 0.3 is 6.09 Å². The van der Waals surface area contributed by atoms with Crippen molar-refractivity contribution in [3.63, 3.8) is 0 Å². The Kier molecular flexibility index (Phi) is 12.1. The van der Waals surface area contributed by atoms with Crippen molar-refractivity contribution in [3.05, 3.63) is 65.2 Å². The number of aliphatic hydroxyl groups excluding tert-OH is 3. The number of hydrogen-bond donors (Lipinski definition) is 5. The van der Waals surface area contributed by atoms with E-state index in [0.717, 1.165) is 42.4 Å². The summed E-state index contributed by atoms with van der Waals surface area (Å²) in [4.78, 5) is 26.9. The summed E-state index contributed by atoms with van der Waals surface area (Å²) in [6, 6.07) is 13.9. The minimum atomic E-state index is -0.997. The molecule has 0 aromatic heterocycles. The van der Waals surface area contributed by atoms with Crippen LogP contribution in [0.2, 0.25) is 0 Å². The zero-order valence-corrected chi connectivity index (χ0v) is 25.9. The van der Waals surface area contributed by atoms with Crippen LogP contribution < -0.4 is 15.4 Å². The Morgan fingerprint density at radius 3 is 2.53 bits per heavy atom. The zero-order chi connectivity index (χ0) is 31.6. The number of nitrogens with one attached hydrogen (secondary N) is 2. The predicted octanol–water partition coefficient (Wildman–Crippen LogP) is 3.60. The Balaban J connectivity index is 1.32. The molecule has 246 valence electrons. The number of alkyl carbamates (subject to hydrolysis) is 1. The highest BCUT2D eigenvalue weighted by atomic mass is 16.6. The van der Waals surface area contributed by atoms with Crippen molar-refractivity contribution in [2.75, 3.05) is 26.4 Å². The maximum absolute atomic E-state index is 14.0. The fourth-order valence-corrected chi connectivity index (χ4v) is 6.96. The van der Waals surface area contributed by atoms with Crippen LogP contribution in [0.3, 0.4) is 0 Å². The standard InChI is InChI=1S/C35H48N2O8/c38-15-17-44-27-12-10-24(11-13-27)18-26(34(41)37-33-29-9-5-4-8-25(29)20-32(33)40)21-31(39)30(19-23-6-2-1-3-7-23)36-35(42)45-28-14-16-43-22-28/h4-5,8-13,23,26,28,30-33,38-40H,1-3,6-7,14-22H2,(H,36,42)(H,37,41)/t26?,28?,30?,31?,32-,33-/m0/s1. The maximum atomic E-state index is 14.0. The number of benzene rings is 2. The van der Waals surface area contributed by atoms with Gasteiger partial charge in [-0.3, -0.25) is 4.79 Å². The number of aliphatic hydroxyl groups is 3. The van der Waals surface area contributed by atoms with Crippen molar-refractivity contribution in [2.45, 2.75) is 94.6 Å². The summed E-state index contributed by atoms with van der Waals surface area (Å²) in [5, 5.41) is 37.6. The first kappa shape index (κ1) is 33.2. The van der Waals surface area contributed by atoms with Gasteiger partial charge in [0.2, 0.25) is 5.91 Å². The Hall–Kier alpha value is -3.18. The molecule has 5 rings (SSSR count). The Morgan fingerprint density at radius 2 is 1.80 bits per heavy atom. The average Bonchev–Trinajstić information content (AvgIpc) is 3.67. The van der Waals surface area contributed by atoms with Crippen molar-refractivity contribution < 1.29 is 39.1 Å². The Bertz CT molecular complexity index is 1230. The number of carbonyl (C=O) groups is 2. The number of hydrogen-bond acceptors (Lipinski definition) is 8. The van der Waals surface area contributed by atoms with E-state index in [4.69, 9.17) is 19.3 Å². The van der Waals surface area contributed by atoms with Gasteiger partial charge in [-0.2, -0.15) is 0 Å². The lowest BCUT2D eigenvalue weighted by molar-refractivity contribution is -0.127. The summed E-state index contributed by atoms with van der Waals surface area (Å²) < 4.78 is 16.4. The lowest BCUT2D eigenvalue weighted by Gasteiger charge is -2.32. The molecule has 10 nitrogen and oxygen atoms in total. The summed E-state index contributed by atoms with van der Waals surface area (Å²) in [5.41, 5.74) is 2.79. The molecule has 2 amide bonds. The highest BCUT2D eigenvalue weighted by Gasteiger charge is 2.36. The van der Waals surface area contributed by atoms with Crippen LogP contribution in [0.25, 0.3) is 0 Å². The molecule has 0 bridgehead atoms. The van der Waals surface area contributed by atoms with E-state index in [1.165, 1.54) is 6.42 Å². The minimum absolute atomic E-state index is 0.0872. The number of amides is 2. The third-order valence-corrected chi connectivity index (χ3v) is 9.41. The normalized spacial score (nSPS) is 23.5. The Labute approximate surface area is 265 Å². The second-order valence-electron chi connectivity index (χ2n) is 12.8. The van der Waals surface area contributed by atoms with E-state index >= 15 is 0 Å². The van der Waals surface area contributed by atoms with Crippen molar-refractivity contribution in [1.82, 2.24) is 10.6 Å². The monoisotopic (exact) mass is 624 g/mol. The molecule has 1 aliphatic heterocycles. The first-order valence-electron chi connectivity index (χ1n) is 16.5. The van der Waals surface area contributed by atoms with Gasteiger partial charge in [0.05, 0.1) is 44.1 Å². The zero-order valence-electron chi connectivity index (χ0n) is 25.9. The summed E-state index contributed by atoms with van der Waals surface area (Å²) in [6.45, 7) is 1.02. The van der Waals surface area contributed by atoms with Gasteiger partial charge in [0, 0.05) is 18.8 Å². The van der Waals surface area contributed by atoms with Gasteiger partial charge in [0.15, 0.2) is 0 Å². The van der Waals surface area contributed by atoms with E-state index in [1.807, 2.05) is 36.4 Å². The second-order valence-corrected chi connectivity index (χ2v) is 12.8. The SMILES string of the molecule is O=C(NC(CC1CCCCC1)C(O)CC(Cc1ccc(OCCO)cc1)C(=O)N[C@H]1c2ccccc2C[C@@H]1O)OC1CCOC1. The topological polar surface area (TPSA) is 147 Å². The molecule has 2 aliphatic carbocycles. The van der Waals surface area contributed by atoms with Gasteiger partial charge in [-0.25, -0.2) is 4.79 Å². The highest BCUT2D eigenvalue weighted by Crippen LogP contribution is 2.33. The van der Waals surface area contributed by atoms with E-state index in [0.29, 0.717) is 50.6 Å². The van der Waals surface area contributed by atoms with Gasteiger partial charge in [0.25, 0.3) is 0 Å². The van der Waals surface area contributed by atoms with E-state index in [9.17, 15) is 19.8 Å². The first-order chi connectivity index (χ1) is 21.9. The summed E-state index contributed by atoms with van der Waals surface area (Å²) in [6.07, 6.45) is 5.11. The number of rotatable bonds is 14. The van der Waals surface area contributed by atoms with Gasteiger partial charge in [-0.1, -0.05) is 68.5 Å². The summed E-state index contributed by atoms with van der Waals surface area (Å²) in [5.74, 6) is 0.0800. The summed E-state index contributed by atoms with van der Waals surface area (Å²) >= 11 is 0. The fraction of sp³-hybridized carbons (Fsp3) is 0.600. The lowest BCUT2D eigenvalue weighted by atomic mass is 9.82. The molecule has 6 atom stereocenters. The highest BCUT2D eigenvalue weighted by molar-refractivity contribution is 5.80. The van der Waals surface area contributed by atoms with Crippen LogP contribution in [0.5, 0.6) is 5.75 Å². The second kappa shape index (κ2) is 16.4. The van der Waals surface area contributed by atoms with Gasteiger partial charge < -0.3 is 40.2 Å². The third-order valence-electron chi connectivity index (χ3n) is 9.41. The van der Waals surface area contributed by atoms with Crippen molar-refractivity contribution in [3.8, 4) is 5.75 Å². The number of carbonyl (C=O) groups excluding carboxylic acids is 2. The van der Waals surface area contributed by atoms with Crippen LogP contribution in [0, 0.1) is 11.8 Å². The lowest BCUT2D eigenvalue weighted by Crippen LogP contribution is -2.48. The van der Waals surface area contributed by atoms with Gasteiger partial charge in [0.1, 0.15) is 18.5 Å². The molecule has 5 N–H and O–H groups in total. The van der Waals surface area contributed by atoms with Gasteiger partial charge in [-0.15, -0.1) is 0 Å². The minimum Gasteiger partial charge on any atom is -0.491 e. The largest absolute Gasteiger partial charge is 0.491 e. The quantitative estimate of drug-likeness (QED) is 0.214. The third kappa shape index (κ3) is 9.42. The molecular formula is C35H48N2O8. The molecule has 2 fully saturated rings. The molecule has 10 heteroatoms. The van der Waals surface area contributed by atoms with Crippen molar-refractivity contribution >= 4 is 12.0 Å². The smallest absolute Gasteiger partial charge is 0.407 e. The van der Waals surface area contributed by atoms with Crippen LogP contribution in [-0.2, 0) is 27.1 Å². The number of ether oxygens (including phenoxy) is 3. The summed E-state index contributed by atoms with van der Waals surface area (Å²) in [7, 11) is 0. The van der Waals surface area contributed by atoms with Crippen molar-refractivity contribution in [1.29, 1.82) is 0 Å². The molecule has 1 heterocycles. The molecule has 2 aromatic carbocycles. The first-order valence-corrected chi connectivity index (χ1v) is 16.5. The van der Waals surface area contributed by atoms with Gasteiger partial charge in [-0.05, 0) is 54.0 Å². The molecule has 0 spiro atoms. The predicted molar refractivity (Wildman–Crippen MR) is 168 cm³/mol. The molecule has 45 heavy (non-hydrogen) atoms. The molecule has 1 saturated carbocycles. The van der Waals surface area contributed by atoms with E-state index < -0.39 is 36.3 Å². The van der Waals surface area contributed by atoms with Crippen LogP contribution >= 0.6 is 0 Å². The molecule has 1 saturated heterocycles. The van der Waals surface area contributed by atoms with E-state index in [2.05, 4.69) is 10.6 Å². The van der Waals surface area contributed by atoms with Crippen LogP contribution in [0.15, 0.2) is 48.5 Å². The number of fused-ring (bicyclic) bond motifs is 1.